The molecule has 1 aromatic heterocycles. The number of benzene rings is 1. The Balaban J connectivity index is 1.61. The van der Waals surface area contributed by atoms with Gasteiger partial charge in [-0.1, -0.05) is 25.1 Å². The molecule has 1 aromatic carbocycles. The smallest absolute Gasteiger partial charge is 0.272 e. The second kappa shape index (κ2) is 7.77. The van der Waals surface area contributed by atoms with Crippen molar-refractivity contribution in [3.63, 3.8) is 0 Å². The summed E-state index contributed by atoms with van der Waals surface area (Å²) >= 11 is 0. The molecule has 0 radical (unpaired) electrons. The summed E-state index contributed by atoms with van der Waals surface area (Å²) < 4.78 is 0. The fourth-order valence-corrected chi connectivity index (χ4v) is 2.79. The molecule has 0 bridgehead atoms. The van der Waals surface area contributed by atoms with E-state index in [4.69, 9.17) is 0 Å². The van der Waals surface area contributed by atoms with Crippen molar-refractivity contribution in [2.45, 2.75) is 13.3 Å². The Morgan fingerprint density at radius 3 is 2.58 bits per heavy atom. The van der Waals surface area contributed by atoms with E-state index in [1.165, 1.54) is 12.0 Å². The van der Waals surface area contributed by atoms with Crippen LogP contribution in [0.25, 0.3) is 0 Å². The molecule has 0 atom stereocenters. The highest BCUT2D eigenvalue weighted by Gasteiger charge is 2.23. The van der Waals surface area contributed by atoms with Gasteiger partial charge in [-0.05, 0) is 18.6 Å². The average Bonchev–Trinajstić information content (AvgIpc) is 2.67. The Labute approximate surface area is 142 Å². The van der Waals surface area contributed by atoms with E-state index in [2.05, 4.69) is 39.2 Å². The fraction of sp³-hybridized carbons (Fsp3) is 0.389. The quantitative estimate of drug-likeness (QED) is 0.914. The molecule has 1 aliphatic rings. The first-order valence-corrected chi connectivity index (χ1v) is 8.43. The van der Waals surface area contributed by atoms with Crippen LogP contribution >= 0.6 is 0 Å². The number of hydrogen-bond donors (Lipinski definition) is 1. The summed E-state index contributed by atoms with van der Waals surface area (Å²) in [5, 5.41) is 3.19. The number of carbonyl (C=O) groups excluding carboxylic acids is 1. The number of nitrogens with one attached hydrogen (secondary N) is 1. The third-order valence-corrected chi connectivity index (χ3v) is 4.13. The van der Waals surface area contributed by atoms with Gasteiger partial charge in [-0.25, -0.2) is 9.97 Å². The first-order valence-electron chi connectivity index (χ1n) is 8.43. The van der Waals surface area contributed by atoms with Crippen molar-refractivity contribution in [3.8, 4) is 0 Å². The molecule has 1 N–H and O–H groups in total. The zero-order valence-electron chi connectivity index (χ0n) is 14.0. The van der Waals surface area contributed by atoms with Gasteiger partial charge in [-0.3, -0.25) is 4.79 Å². The molecule has 126 valence electrons. The molecule has 2 aromatic rings. The summed E-state index contributed by atoms with van der Waals surface area (Å²) in [7, 11) is 0. The number of anilines is 2. The van der Waals surface area contributed by atoms with E-state index in [1.807, 2.05) is 23.1 Å². The van der Waals surface area contributed by atoms with E-state index in [9.17, 15) is 4.79 Å². The van der Waals surface area contributed by atoms with Crippen LogP contribution in [-0.2, 0) is 0 Å². The molecule has 1 amide bonds. The molecule has 24 heavy (non-hydrogen) atoms. The second-order valence-corrected chi connectivity index (χ2v) is 5.83. The minimum Gasteiger partial charge on any atom is -0.370 e. The molecule has 1 fully saturated rings. The van der Waals surface area contributed by atoms with Gasteiger partial charge in [0.25, 0.3) is 5.91 Å². The minimum absolute atomic E-state index is 0.0235. The first kappa shape index (κ1) is 16.2. The lowest BCUT2D eigenvalue weighted by Gasteiger charge is -2.36. The zero-order chi connectivity index (χ0) is 16.8. The molecule has 1 aliphatic heterocycles. The van der Waals surface area contributed by atoms with E-state index in [0.717, 1.165) is 26.1 Å². The van der Waals surface area contributed by atoms with E-state index in [-0.39, 0.29) is 5.91 Å². The number of amides is 1. The van der Waals surface area contributed by atoms with Crippen molar-refractivity contribution in [1.82, 2.24) is 14.9 Å². The highest BCUT2D eigenvalue weighted by molar-refractivity contribution is 5.93. The molecule has 1 saturated heterocycles. The molecule has 3 rings (SSSR count). The molecule has 6 nitrogen and oxygen atoms in total. The van der Waals surface area contributed by atoms with Gasteiger partial charge in [-0.2, -0.15) is 0 Å². The van der Waals surface area contributed by atoms with Gasteiger partial charge in [0.2, 0.25) is 0 Å². The van der Waals surface area contributed by atoms with Crippen molar-refractivity contribution >= 4 is 17.4 Å². The second-order valence-electron chi connectivity index (χ2n) is 5.83. The zero-order valence-corrected chi connectivity index (χ0v) is 14.0. The molecular weight excluding hydrogens is 302 g/mol. The predicted molar refractivity (Wildman–Crippen MR) is 95.4 cm³/mol. The topological polar surface area (TPSA) is 61.4 Å². The maximum absolute atomic E-state index is 12.7. The van der Waals surface area contributed by atoms with E-state index in [0.29, 0.717) is 24.6 Å². The van der Waals surface area contributed by atoms with Crippen LogP contribution in [0.5, 0.6) is 0 Å². The van der Waals surface area contributed by atoms with Crippen LogP contribution in [0.3, 0.4) is 0 Å². The van der Waals surface area contributed by atoms with Gasteiger partial charge >= 0.3 is 0 Å². The van der Waals surface area contributed by atoms with Crippen LogP contribution in [0, 0.1) is 0 Å². The van der Waals surface area contributed by atoms with Crippen molar-refractivity contribution < 1.29 is 4.79 Å². The molecular formula is C18H23N5O. The summed E-state index contributed by atoms with van der Waals surface area (Å²) in [6, 6.07) is 12.0. The number of aromatic nitrogens is 2. The summed E-state index contributed by atoms with van der Waals surface area (Å²) in [6.45, 7) is 6.00. The van der Waals surface area contributed by atoms with Gasteiger partial charge < -0.3 is 15.1 Å². The van der Waals surface area contributed by atoms with Crippen molar-refractivity contribution in [2.75, 3.05) is 42.9 Å². The predicted octanol–water partition coefficient (Wildman–Crippen LogP) is 2.26. The Hall–Kier alpha value is -2.63. The van der Waals surface area contributed by atoms with Crippen LogP contribution in [0.2, 0.25) is 0 Å². The average molecular weight is 325 g/mol. The van der Waals surface area contributed by atoms with Gasteiger partial charge in [-0.15, -0.1) is 0 Å². The van der Waals surface area contributed by atoms with Crippen LogP contribution in [0.15, 0.2) is 42.7 Å². The van der Waals surface area contributed by atoms with Crippen LogP contribution < -0.4 is 10.2 Å². The Morgan fingerprint density at radius 2 is 1.88 bits per heavy atom. The number of rotatable bonds is 5. The third-order valence-electron chi connectivity index (χ3n) is 4.13. The molecule has 6 heteroatoms. The largest absolute Gasteiger partial charge is 0.370 e. The van der Waals surface area contributed by atoms with Gasteiger partial charge in [0, 0.05) is 44.5 Å². The fourth-order valence-electron chi connectivity index (χ4n) is 2.79. The number of hydrogen-bond acceptors (Lipinski definition) is 5. The summed E-state index contributed by atoms with van der Waals surface area (Å²) in [6.07, 6.45) is 2.46. The maximum atomic E-state index is 12.7. The van der Waals surface area contributed by atoms with Crippen molar-refractivity contribution in [1.29, 1.82) is 0 Å². The highest BCUT2D eigenvalue weighted by Crippen LogP contribution is 2.16. The van der Waals surface area contributed by atoms with Gasteiger partial charge in [0.1, 0.15) is 17.8 Å². The Morgan fingerprint density at radius 1 is 1.12 bits per heavy atom. The monoisotopic (exact) mass is 325 g/mol. The van der Waals surface area contributed by atoms with Crippen LogP contribution in [0.4, 0.5) is 11.5 Å². The van der Waals surface area contributed by atoms with Gasteiger partial charge in [0.05, 0.1) is 0 Å². The number of piperazine rings is 1. The maximum Gasteiger partial charge on any atom is 0.272 e. The molecule has 2 heterocycles. The number of nitrogens with zero attached hydrogens (tertiary/aromatic N) is 4. The summed E-state index contributed by atoms with van der Waals surface area (Å²) in [5.41, 5.74) is 1.66. The SMILES string of the molecule is CCCNc1cc(C(=O)N2CCN(c3ccccc3)CC2)ncn1. The van der Waals surface area contributed by atoms with Crippen LogP contribution in [0.1, 0.15) is 23.8 Å². The number of carbonyl (C=O) groups is 1. The summed E-state index contributed by atoms with van der Waals surface area (Å²) in [4.78, 5) is 25.1. The molecule has 0 aliphatic carbocycles. The third kappa shape index (κ3) is 3.82. The highest BCUT2D eigenvalue weighted by atomic mass is 16.2. The normalized spacial score (nSPS) is 14.5. The summed E-state index contributed by atoms with van der Waals surface area (Å²) in [5.74, 6) is 0.683. The van der Waals surface area contributed by atoms with Crippen LogP contribution in [-0.4, -0.2) is 53.5 Å². The standard InChI is InChI=1S/C18H23N5O/c1-2-8-19-17-13-16(20-14-21-17)18(24)23-11-9-22(10-12-23)15-6-4-3-5-7-15/h3-7,13-14H,2,8-12H2,1H3,(H,19,20,21). The van der Waals surface area contributed by atoms with E-state index in [1.54, 1.807) is 6.07 Å². The molecule has 0 saturated carbocycles. The van der Waals surface area contributed by atoms with Crippen molar-refractivity contribution in [2.24, 2.45) is 0 Å². The molecule has 0 unspecified atom stereocenters. The number of para-hydroxylation sites is 1. The lowest BCUT2D eigenvalue weighted by Crippen LogP contribution is -2.49. The van der Waals surface area contributed by atoms with E-state index >= 15 is 0 Å². The lowest BCUT2D eigenvalue weighted by atomic mass is 10.2. The van der Waals surface area contributed by atoms with Gasteiger partial charge in [0.15, 0.2) is 0 Å². The molecule has 0 spiro atoms. The minimum atomic E-state index is -0.0235. The first-order chi connectivity index (χ1) is 11.8. The van der Waals surface area contributed by atoms with Crippen molar-refractivity contribution in [3.05, 3.63) is 48.4 Å². The lowest BCUT2D eigenvalue weighted by molar-refractivity contribution is 0.0740. The Bertz CT molecular complexity index is 668. The van der Waals surface area contributed by atoms with E-state index < -0.39 is 0 Å². The Kier molecular flexibility index (Phi) is 5.25.